The van der Waals surface area contributed by atoms with E-state index in [1.54, 1.807) is 13.2 Å². The SMILES string of the molecule is CCOC(=O)C1CC[NH+](C[C@@H](O)COc2cccc(OC)c2)CC1. The molecule has 1 atom stereocenters. The van der Waals surface area contributed by atoms with E-state index in [1.807, 2.05) is 25.1 Å². The second-order valence-corrected chi connectivity index (χ2v) is 6.12. The number of hydrogen-bond donors (Lipinski definition) is 2. The molecule has 6 nitrogen and oxygen atoms in total. The molecule has 0 spiro atoms. The van der Waals surface area contributed by atoms with Gasteiger partial charge in [0.2, 0.25) is 0 Å². The summed E-state index contributed by atoms with van der Waals surface area (Å²) in [5, 5.41) is 10.2. The van der Waals surface area contributed by atoms with Gasteiger partial charge in [-0.15, -0.1) is 0 Å². The third kappa shape index (κ3) is 5.69. The van der Waals surface area contributed by atoms with Gasteiger partial charge in [0.05, 0.1) is 32.7 Å². The molecule has 1 saturated heterocycles. The number of rotatable bonds is 8. The minimum atomic E-state index is -0.537. The zero-order valence-corrected chi connectivity index (χ0v) is 14.5. The van der Waals surface area contributed by atoms with E-state index in [0.29, 0.717) is 18.9 Å². The van der Waals surface area contributed by atoms with E-state index in [2.05, 4.69) is 0 Å². The first kappa shape index (κ1) is 18.5. The molecule has 1 heterocycles. The van der Waals surface area contributed by atoms with Crippen molar-refractivity contribution in [2.24, 2.45) is 5.92 Å². The summed E-state index contributed by atoms with van der Waals surface area (Å²) in [6, 6.07) is 7.34. The van der Waals surface area contributed by atoms with Crippen LogP contribution in [0.3, 0.4) is 0 Å². The minimum absolute atomic E-state index is 0.0128. The maximum absolute atomic E-state index is 11.7. The molecular formula is C18H28NO5+. The molecule has 0 unspecified atom stereocenters. The van der Waals surface area contributed by atoms with Crippen molar-refractivity contribution >= 4 is 5.97 Å². The predicted molar refractivity (Wildman–Crippen MR) is 89.4 cm³/mol. The summed E-state index contributed by atoms with van der Waals surface area (Å²) >= 11 is 0. The van der Waals surface area contributed by atoms with Crippen LogP contribution in [0.5, 0.6) is 11.5 Å². The van der Waals surface area contributed by atoms with Crippen LogP contribution in [0.4, 0.5) is 0 Å². The first-order chi connectivity index (χ1) is 11.6. The van der Waals surface area contributed by atoms with Crippen LogP contribution in [0.25, 0.3) is 0 Å². The Labute approximate surface area is 143 Å². The molecule has 0 aromatic heterocycles. The number of esters is 1. The maximum atomic E-state index is 11.7. The zero-order valence-electron chi connectivity index (χ0n) is 14.5. The summed E-state index contributed by atoms with van der Waals surface area (Å²) in [6.45, 7) is 4.89. The summed E-state index contributed by atoms with van der Waals surface area (Å²) in [6.07, 6.45) is 1.10. The van der Waals surface area contributed by atoms with Crippen molar-refractivity contribution < 1.29 is 29.0 Å². The predicted octanol–water partition coefficient (Wildman–Crippen LogP) is 0.293. The molecule has 1 aliphatic rings. The van der Waals surface area contributed by atoms with Gasteiger partial charge in [-0.1, -0.05) is 6.07 Å². The van der Waals surface area contributed by atoms with E-state index in [4.69, 9.17) is 14.2 Å². The molecule has 0 bridgehead atoms. The number of ether oxygens (including phenoxy) is 3. The lowest BCUT2D eigenvalue weighted by atomic mass is 9.97. The van der Waals surface area contributed by atoms with Gasteiger partial charge in [-0.05, 0) is 19.1 Å². The molecule has 0 aliphatic carbocycles. The fourth-order valence-electron chi connectivity index (χ4n) is 3.00. The Morgan fingerprint density at radius 1 is 1.33 bits per heavy atom. The van der Waals surface area contributed by atoms with Gasteiger partial charge in [0.25, 0.3) is 0 Å². The van der Waals surface area contributed by atoms with E-state index in [0.717, 1.165) is 31.7 Å². The van der Waals surface area contributed by atoms with E-state index in [-0.39, 0.29) is 18.5 Å². The second kappa shape index (κ2) is 9.49. The van der Waals surface area contributed by atoms with Crippen molar-refractivity contribution in [3.05, 3.63) is 24.3 Å². The number of quaternary nitrogens is 1. The highest BCUT2D eigenvalue weighted by molar-refractivity contribution is 5.72. The quantitative estimate of drug-likeness (QED) is 0.667. The number of benzene rings is 1. The maximum Gasteiger partial charge on any atom is 0.309 e. The number of aliphatic hydroxyl groups excluding tert-OH is 1. The standard InChI is InChI=1S/C18H27NO5/c1-3-23-18(21)14-7-9-19(10-8-14)12-15(20)13-24-17-6-4-5-16(11-17)22-2/h4-6,11,14-15,20H,3,7-10,12-13H2,1-2H3/p+1/t15-/m1/s1. The highest BCUT2D eigenvalue weighted by atomic mass is 16.5. The summed E-state index contributed by atoms with van der Waals surface area (Å²) < 4.78 is 15.8. The molecule has 0 amide bonds. The molecule has 0 saturated carbocycles. The lowest BCUT2D eigenvalue weighted by Crippen LogP contribution is -3.14. The number of carbonyl (C=O) groups excluding carboxylic acids is 1. The van der Waals surface area contributed by atoms with Gasteiger partial charge in [-0.2, -0.15) is 0 Å². The van der Waals surface area contributed by atoms with Crippen LogP contribution < -0.4 is 14.4 Å². The second-order valence-electron chi connectivity index (χ2n) is 6.12. The Kier molecular flexibility index (Phi) is 7.34. The molecular weight excluding hydrogens is 310 g/mol. The zero-order chi connectivity index (χ0) is 17.4. The van der Waals surface area contributed by atoms with Crippen molar-refractivity contribution in [1.29, 1.82) is 0 Å². The average Bonchev–Trinajstić information content (AvgIpc) is 2.61. The molecule has 134 valence electrons. The van der Waals surface area contributed by atoms with Crippen LogP contribution in [0.2, 0.25) is 0 Å². The van der Waals surface area contributed by atoms with Crippen molar-refractivity contribution in [3.63, 3.8) is 0 Å². The number of aliphatic hydroxyl groups is 1. The molecule has 24 heavy (non-hydrogen) atoms. The number of methoxy groups -OCH3 is 1. The first-order valence-corrected chi connectivity index (χ1v) is 8.57. The van der Waals surface area contributed by atoms with E-state index in [9.17, 15) is 9.90 Å². The average molecular weight is 338 g/mol. The monoisotopic (exact) mass is 338 g/mol. The molecule has 2 rings (SSSR count). The molecule has 1 aromatic carbocycles. The summed E-state index contributed by atoms with van der Waals surface area (Å²) in [7, 11) is 1.61. The number of piperidine rings is 1. The fourth-order valence-corrected chi connectivity index (χ4v) is 3.00. The normalized spacial score (nSPS) is 21.8. The molecule has 6 heteroatoms. The summed E-state index contributed by atoms with van der Waals surface area (Å²) in [5.74, 6) is 1.34. The van der Waals surface area contributed by atoms with Crippen molar-refractivity contribution in [2.75, 3.05) is 40.0 Å². The van der Waals surface area contributed by atoms with Crippen LogP contribution in [-0.2, 0) is 9.53 Å². The fraction of sp³-hybridized carbons (Fsp3) is 0.611. The van der Waals surface area contributed by atoms with Gasteiger partial charge in [-0.25, -0.2) is 0 Å². The first-order valence-electron chi connectivity index (χ1n) is 8.57. The van der Waals surface area contributed by atoms with Gasteiger partial charge in [0, 0.05) is 18.9 Å². The van der Waals surface area contributed by atoms with Gasteiger partial charge in [0.15, 0.2) is 0 Å². The van der Waals surface area contributed by atoms with Crippen molar-refractivity contribution in [1.82, 2.24) is 0 Å². The lowest BCUT2D eigenvalue weighted by Gasteiger charge is -2.29. The Bertz CT molecular complexity index is 514. The van der Waals surface area contributed by atoms with E-state index in [1.165, 1.54) is 4.90 Å². The van der Waals surface area contributed by atoms with Gasteiger partial charge in [0.1, 0.15) is 30.8 Å². The number of likely N-dealkylation sites (tertiary alicyclic amines) is 1. The van der Waals surface area contributed by atoms with Crippen LogP contribution in [0.1, 0.15) is 19.8 Å². The Balaban J connectivity index is 1.69. The summed E-state index contributed by atoms with van der Waals surface area (Å²) in [5.41, 5.74) is 0. The number of nitrogens with one attached hydrogen (secondary N) is 1. The van der Waals surface area contributed by atoms with Crippen LogP contribution in [-0.4, -0.2) is 57.1 Å². The minimum Gasteiger partial charge on any atom is -0.497 e. The highest BCUT2D eigenvalue weighted by Gasteiger charge is 2.29. The van der Waals surface area contributed by atoms with Gasteiger partial charge < -0.3 is 24.2 Å². The van der Waals surface area contributed by atoms with Crippen LogP contribution in [0, 0.1) is 5.92 Å². The Morgan fingerprint density at radius 2 is 2.04 bits per heavy atom. The molecule has 0 radical (unpaired) electrons. The third-order valence-corrected chi connectivity index (χ3v) is 4.32. The van der Waals surface area contributed by atoms with Crippen molar-refractivity contribution in [3.8, 4) is 11.5 Å². The topological polar surface area (TPSA) is 69.4 Å². The number of hydrogen-bond acceptors (Lipinski definition) is 5. The highest BCUT2D eigenvalue weighted by Crippen LogP contribution is 2.18. The largest absolute Gasteiger partial charge is 0.497 e. The van der Waals surface area contributed by atoms with Gasteiger partial charge >= 0.3 is 5.97 Å². The molecule has 2 N–H and O–H groups in total. The molecule has 1 aromatic rings. The van der Waals surface area contributed by atoms with E-state index >= 15 is 0 Å². The van der Waals surface area contributed by atoms with Gasteiger partial charge in [-0.3, -0.25) is 4.79 Å². The van der Waals surface area contributed by atoms with E-state index < -0.39 is 6.10 Å². The third-order valence-electron chi connectivity index (χ3n) is 4.32. The van der Waals surface area contributed by atoms with Crippen molar-refractivity contribution in [2.45, 2.75) is 25.9 Å². The summed E-state index contributed by atoms with van der Waals surface area (Å²) in [4.78, 5) is 13.0. The lowest BCUT2D eigenvalue weighted by molar-refractivity contribution is -0.908. The molecule has 1 fully saturated rings. The smallest absolute Gasteiger partial charge is 0.309 e. The number of carbonyl (C=O) groups is 1. The Hall–Kier alpha value is -1.79. The van der Waals surface area contributed by atoms with Crippen LogP contribution >= 0.6 is 0 Å². The van der Waals surface area contributed by atoms with Crippen LogP contribution in [0.15, 0.2) is 24.3 Å². The molecule has 1 aliphatic heterocycles. The Morgan fingerprint density at radius 3 is 2.71 bits per heavy atom.